The van der Waals surface area contributed by atoms with E-state index in [1.165, 1.54) is 29.2 Å². The van der Waals surface area contributed by atoms with Gasteiger partial charge in [-0.25, -0.2) is 12.8 Å². The summed E-state index contributed by atoms with van der Waals surface area (Å²) in [6.45, 7) is 5.75. The van der Waals surface area contributed by atoms with E-state index in [-0.39, 0.29) is 23.0 Å². The van der Waals surface area contributed by atoms with Crippen LogP contribution in [0.3, 0.4) is 0 Å². The van der Waals surface area contributed by atoms with E-state index in [4.69, 9.17) is 0 Å². The van der Waals surface area contributed by atoms with E-state index in [1.807, 2.05) is 51.1 Å². The van der Waals surface area contributed by atoms with Crippen LogP contribution >= 0.6 is 0 Å². The standard InChI is InChI=1S/C30H36FN3O4S/c1-4-20-32-30(36)28(5-2)33(21-19-24-9-7-6-8-10-24)29(35)22-34(26-15-13-25(31)14-16-26)39(37,38)27-17-11-23(3)12-18-27/h6-18,28H,4-5,19-22H2,1-3H3,(H,32,36)/t28-/m0/s1. The average Bonchev–Trinajstić information content (AvgIpc) is 2.93. The van der Waals surface area contributed by atoms with Crippen molar-refractivity contribution in [1.82, 2.24) is 10.2 Å². The molecule has 0 bridgehead atoms. The van der Waals surface area contributed by atoms with Crippen molar-refractivity contribution in [3.05, 3.63) is 95.8 Å². The first kappa shape index (κ1) is 29.8. The Morgan fingerprint density at radius 1 is 0.923 bits per heavy atom. The van der Waals surface area contributed by atoms with Crippen LogP contribution in [0.5, 0.6) is 0 Å². The van der Waals surface area contributed by atoms with Crippen molar-refractivity contribution >= 4 is 27.5 Å². The van der Waals surface area contributed by atoms with E-state index in [0.717, 1.165) is 34.0 Å². The molecule has 0 aliphatic carbocycles. The lowest BCUT2D eigenvalue weighted by Crippen LogP contribution is -2.53. The number of anilines is 1. The molecule has 0 fully saturated rings. The number of rotatable bonds is 13. The van der Waals surface area contributed by atoms with Crippen LogP contribution in [0, 0.1) is 12.7 Å². The minimum absolute atomic E-state index is 0.00814. The van der Waals surface area contributed by atoms with Crippen molar-refractivity contribution in [2.45, 2.75) is 51.0 Å². The van der Waals surface area contributed by atoms with Gasteiger partial charge in [0.15, 0.2) is 0 Å². The molecule has 0 heterocycles. The van der Waals surface area contributed by atoms with Crippen molar-refractivity contribution in [2.24, 2.45) is 0 Å². The fraction of sp³-hybridized carbons (Fsp3) is 0.333. The van der Waals surface area contributed by atoms with Crippen LogP contribution in [0.2, 0.25) is 0 Å². The van der Waals surface area contributed by atoms with Gasteiger partial charge in [0.2, 0.25) is 11.8 Å². The Morgan fingerprint density at radius 3 is 2.15 bits per heavy atom. The van der Waals surface area contributed by atoms with Crippen molar-refractivity contribution in [2.75, 3.05) is 23.9 Å². The second kappa shape index (κ2) is 13.9. The van der Waals surface area contributed by atoms with E-state index in [9.17, 15) is 22.4 Å². The van der Waals surface area contributed by atoms with Gasteiger partial charge in [0.05, 0.1) is 10.6 Å². The van der Waals surface area contributed by atoms with E-state index in [0.29, 0.717) is 19.4 Å². The Kier molecular flexibility index (Phi) is 10.6. The van der Waals surface area contributed by atoms with Crippen molar-refractivity contribution in [3.8, 4) is 0 Å². The van der Waals surface area contributed by atoms with Gasteiger partial charge in [0, 0.05) is 13.1 Å². The maximum absolute atomic E-state index is 13.9. The third kappa shape index (κ3) is 7.89. The number of halogens is 1. The number of nitrogens with one attached hydrogen (secondary N) is 1. The summed E-state index contributed by atoms with van der Waals surface area (Å²) in [5.41, 5.74) is 2.02. The van der Waals surface area contributed by atoms with Gasteiger partial charge in [-0.1, -0.05) is 61.9 Å². The lowest BCUT2D eigenvalue weighted by molar-refractivity contribution is -0.139. The SMILES string of the molecule is CCCNC(=O)[C@H](CC)N(CCc1ccccc1)C(=O)CN(c1ccc(F)cc1)S(=O)(=O)c1ccc(C)cc1. The fourth-order valence-electron chi connectivity index (χ4n) is 4.24. The highest BCUT2D eigenvalue weighted by Gasteiger charge is 2.33. The molecule has 9 heteroatoms. The third-order valence-electron chi connectivity index (χ3n) is 6.42. The Hall–Kier alpha value is -3.72. The van der Waals surface area contributed by atoms with Gasteiger partial charge < -0.3 is 10.2 Å². The summed E-state index contributed by atoms with van der Waals surface area (Å²) >= 11 is 0. The topological polar surface area (TPSA) is 86.8 Å². The van der Waals surface area contributed by atoms with E-state index >= 15 is 0 Å². The molecule has 2 amide bonds. The summed E-state index contributed by atoms with van der Waals surface area (Å²) < 4.78 is 42.2. The number of hydrogen-bond acceptors (Lipinski definition) is 4. The molecule has 0 aliphatic heterocycles. The van der Waals surface area contributed by atoms with Gasteiger partial charge in [-0.15, -0.1) is 0 Å². The quantitative estimate of drug-likeness (QED) is 0.332. The van der Waals surface area contributed by atoms with Gasteiger partial charge in [0.1, 0.15) is 18.4 Å². The molecule has 3 aromatic carbocycles. The molecule has 208 valence electrons. The zero-order chi connectivity index (χ0) is 28.4. The molecule has 0 radical (unpaired) electrons. The monoisotopic (exact) mass is 553 g/mol. The van der Waals surface area contributed by atoms with E-state index in [1.54, 1.807) is 12.1 Å². The Balaban J connectivity index is 1.99. The second-order valence-corrected chi connectivity index (χ2v) is 11.2. The summed E-state index contributed by atoms with van der Waals surface area (Å²) in [4.78, 5) is 28.4. The lowest BCUT2D eigenvalue weighted by Gasteiger charge is -2.33. The van der Waals surface area contributed by atoms with Gasteiger partial charge in [-0.3, -0.25) is 13.9 Å². The molecule has 0 aromatic heterocycles. The van der Waals surface area contributed by atoms with Crippen LogP contribution in [0.4, 0.5) is 10.1 Å². The summed E-state index contributed by atoms with van der Waals surface area (Å²) in [5.74, 6) is -1.33. The number of nitrogens with zero attached hydrogens (tertiary/aromatic N) is 2. The first-order valence-electron chi connectivity index (χ1n) is 13.1. The molecule has 1 atom stereocenters. The summed E-state index contributed by atoms with van der Waals surface area (Å²) in [7, 11) is -4.18. The van der Waals surface area contributed by atoms with Gasteiger partial charge in [-0.05, 0) is 68.1 Å². The molecular formula is C30H36FN3O4S. The van der Waals surface area contributed by atoms with E-state index in [2.05, 4.69) is 5.32 Å². The highest BCUT2D eigenvalue weighted by molar-refractivity contribution is 7.92. The number of benzene rings is 3. The van der Waals surface area contributed by atoms with Crippen molar-refractivity contribution in [3.63, 3.8) is 0 Å². The van der Waals surface area contributed by atoms with Crippen LogP contribution in [-0.2, 0) is 26.0 Å². The van der Waals surface area contributed by atoms with Crippen LogP contribution in [0.1, 0.15) is 37.8 Å². The maximum atomic E-state index is 13.9. The van der Waals surface area contributed by atoms with Crippen molar-refractivity contribution in [1.29, 1.82) is 0 Å². The Bertz CT molecular complexity index is 1330. The smallest absolute Gasteiger partial charge is 0.264 e. The summed E-state index contributed by atoms with van der Waals surface area (Å²) in [6.07, 6.45) is 1.59. The Labute approximate surface area is 230 Å². The largest absolute Gasteiger partial charge is 0.354 e. The van der Waals surface area contributed by atoms with Crippen LogP contribution in [-0.4, -0.2) is 50.8 Å². The van der Waals surface area contributed by atoms with Crippen molar-refractivity contribution < 1.29 is 22.4 Å². The number of aryl methyl sites for hydroxylation is 1. The number of carbonyl (C=O) groups excluding carboxylic acids is 2. The number of hydrogen-bond donors (Lipinski definition) is 1. The third-order valence-corrected chi connectivity index (χ3v) is 8.21. The van der Waals surface area contributed by atoms with Crippen LogP contribution in [0.25, 0.3) is 0 Å². The Morgan fingerprint density at radius 2 is 1.56 bits per heavy atom. The molecule has 1 N–H and O–H groups in total. The first-order valence-corrected chi connectivity index (χ1v) is 14.6. The van der Waals surface area contributed by atoms with Gasteiger partial charge in [-0.2, -0.15) is 0 Å². The molecule has 3 rings (SSSR count). The maximum Gasteiger partial charge on any atom is 0.264 e. The highest BCUT2D eigenvalue weighted by atomic mass is 32.2. The fourth-order valence-corrected chi connectivity index (χ4v) is 5.65. The van der Waals surface area contributed by atoms with E-state index < -0.39 is 34.3 Å². The molecule has 0 unspecified atom stereocenters. The number of amides is 2. The van der Waals surface area contributed by atoms with Crippen LogP contribution in [0.15, 0.2) is 83.8 Å². The lowest BCUT2D eigenvalue weighted by atomic mass is 10.1. The highest BCUT2D eigenvalue weighted by Crippen LogP contribution is 2.25. The molecule has 0 aliphatic rings. The zero-order valence-corrected chi connectivity index (χ0v) is 23.5. The molecule has 7 nitrogen and oxygen atoms in total. The number of carbonyl (C=O) groups is 2. The predicted molar refractivity (Wildman–Crippen MR) is 151 cm³/mol. The summed E-state index contributed by atoms with van der Waals surface area (Å²) in [6, 6.07) is 20.1. The first-order chi connectivity index (χ1) is 18.7. The number of sulfonamides is 1. The molecule has 0 saturated carbocycles. The summed E-state index contributed by atoms with van der Waals surface area (Å²) in [5, 5.41) is 2.86. The molecular weight excluding hydrogens is 517 g/mol. The molecule has 0 saturated heterocycles. The second-order valence-electron chi connectivity index (χ2n) is 9.34. The molecule has 0 spiro atoms. The normalized spacial score (nSPS) is 12.0. The zero-order valence-electron chi connectivity index (χ0n) is 22.6. The minimum atomic E-state index is -4.18. The predicted octanol–water partition coefficient (Wildman–Crippen LogP) is 4.71. The van der Waals surface area contributed by atoms with Crippen LogP contribution < -0.4 is 9.62 Å². The van der Waals surface area contributed by atoms with Gasteiger partial charge >= 0.3 is 0 Å². The molecule has 39 heavy (non-hydrogen) atoms. The van der Waals surface area contributed by atoms with Gasteiger partial charge in [0.25, 0.3) is 10.0 Å². The molecule has 3 aromatic rings. The average molecular weight is 554 g/mol. The minimum Gasteiger partial charge on any atom is -0.354 e.